The summed E-state index contributed by atoms with van der Waals surface area (Å²) in [6.45, 7) is 9.07. The summed E-state index contributed by atoms with van der Waals surface area (Å²) >= 11 is 0. The molecule has 2 unspecified atom stereocenters. The SMILES string of the molecule is CCCCCCCCCCCCC(c1ccc(CCCCc2ccc(C(CCCCCCCCCCCC)c3ccc(N)cc3C)cc2)cc1)c1ccc(N)cc1C. The van der Waals surface area contributed by atoms with E-state index in [1.54, 1.807) is 0 Å². The van der Waals surface area contributed by atoms with Crippen LogP contribution in [0.5, 0.6) is 0 Å². The summed E-state index contributed by atoms with van der Waals surface area (Å²) in [6, 6.07) is 32.3. The van der Waals surface area contributed by atoms with Gasteiger partial charge in [0.1, 0.15) is 0 Å². The molecular weight excluding hydrogens is 701 g/mol. The van der Waals surface area contributed by atoms with Gasteiger partial charge in [-0.15, -0.1) is 0 Å². The molecule has 0 amide bonds. The fourth-order valence-electron chi connectivity index (χ4n) is 9.35. The minimum Gasteiger partial charge on any atom is -0.399 e. The number of anilines is 2. The maximum atomic E-state index is 6.18. The van der Waals surface area contributed by atoms with Crippen molar-refractivity contribution < 1.29 is 0 Å². The Morgan fingerprint density at radius 2 is 0.672 bits per heavy atom. The van der Waals surface area contributed by atoms with Crippen LogP contribution in [-0.4, -0.2) is 0 Å². The number of hydrogen-bond acceptors (Lipinski definition) is 2. The fraction of sp³-hybridized carbons (Fsp3) is 0.571. The van der Waals surface area contributed by atoms with E-state index in [1.807, 2.05) is 0 Å². The molecule has 318 valence electrons. The van der Waals surface area contributed by atoms with Gasteiger partial charge in [-0.25, -0.2) is 0 Å². The predicted molar refractivity (Wildman–Crippen MR) is 257 cm³/mol. The Balaban J connectivity index is 1.25. The minimum atomic E-state index is 0.435. The zero-order valence-electron chi connectivity index (χ0n) is 37.8. The van der Waals surface area contributed by atoms with Crippen molar-refractivity contribution in [1.29, 1.82) is 0 Å². The second kappa shape index (κ2) is 28.0. The highest BCUT2D eigenvalue weighted by Gasteiger charge is 2.18. The topological polar surface area (TPSA) is 52.0 Å². The molecular formula is C56H84N2. The molecule has 0 aliphatic carbocycles. The average molecular weight is 785 g/mol. The van der Waals surface area contributed by atoms with Gasteiger partial charge in [0.15, 0.2) is 0 Å². The highest BCUT2D eigenvalue weighted by molar-refractivity contribution is 5.49. The Bertz CT molecular complexity index is 1530. The maximum absolute atomic E-state index is 6.18. The van der Waals surface area contributed by atoms with E-state index in [9.17, 15) is 0 Å². The van der Waals surface area contributed by atoms with Crippen LogP contribution in [0.15, 0.2) is 84.9 Å². The van der Waals surface area contributed by atoms with Crippen molar-refractivity contribution in [1.82, 2.24) is 0 Å². The molecule has 2 nitrogen and oxygen atoms in total. The first kappa shape index (κ1) is 47.2. The van der Waals surface area contributed by atoms with Crippen molar-refractivity contribution >= 4 is 11.4 Å². The van der Waals surface area contributed by atoms with Crippen LogP contribution in [0.3, 0.4) is 0 Å². The summed E-state index contributed by atoms with van der Waals surface area (Å²) in [5.74, 6) is 0.871. The second-order valence-corrected chi connectivity index (χ2v) is 18.0. The van der Waals surface area contributed by atoms with Crippen molar-refractivity contribution in [3.05, 3.63) is 129 Å². The van der Waals surface area contributed by atoms with Crippen molar-refractivity contribution in [2.24, 2.45) is 0 Å². The molecule has 4 aromatic carbocycles. The number of nitrogens with two attached hydrogens (primary N) is 2. The van der Waals surface area contributed by atoms with Crippen LogP contribution < -0.4 is 11.5 Å². The van der Waals surface area contributed by atoms with Crippen molar-refractivity contribution in [2.45, 2.75) is 206 Å². The molecule has 0 aromatic heterocycles. The Hall–Kier alpha value is -3.52. The fourth-order valence-corrected chi connectivity index (χ4v) is 9.35. The quantitative estimate of drug-likeness (QED) is 0.0394. The van der Waals surface area contributed by atoms with E-state index >= 15 is 0 Å². The summed E-state index contributed by atoms with van der Waals surface area (Å²) in [7, 11) is 0. The molecule has 4 N–H and O–H groups in total. The van der Waals surface area contributed by atoms with Crippen LogP contribution in [0.4, 0.5) is 11.4 Å². The van der Waals surface area contributed by atoms with E-state index in [0.717, 1.165) is 24.2 Å². The van der Waals surface area contributed by atoms with Gasteiger partial charge in [0.05, 0.1) is 0 Å². The van der Waals surface area contributed by atoms with Gasteiger partial charge in [-0.05, 0) is 121 Å². The molecule has 4 rings (SSSR count). The van der Waals surface area contributed by atoms with Crippen LogP contribution in [0.2, 0.25) is 0 Å². The molecule has 0 saturated carbocycles. The highest BCUT2D eigenvalue weighted by Crippen LogP contribution is 2.35. The molecule has 4 aromatic rings. The molecule has 0 heterocycles. The molecule has 0 spiro atoms. The molecule has 0 aliphatic rings. The van der Waals surface area contributed by atoms with Gasteiger partial charge >= 0.3 is 0 Å². The largest absolute Gasteiger partial charge is 0.399 e. The summed E-state index contributed by atoms with van der Waals surface area (Å²) in [6.07, 6.45) is 34.7. The van der Waals surface area contributed by atoms with Crippen molar-refractivity contribution in [3.8, 4) is 0 Å². The summed E-state index contributed by atoms with van der Waals surface area (Å²) < 4.78 is 0. The standard InChI is InChI=1S/C56H84N2/c1-5-7-9-11-13-15-17-19-21-23-29-55(53-41-39-51(57)43-45(53)3)49-35-31-47(32-36-49)27-25-26-28-48-33-37-50(38-34-48)56(54-42-40-52(58)44-46(54)4)30-24-22-20-18-16-14-12-10-8-6-2/h31-44,55-56H,5-30,57-58H2,1-4H3. The second-order valence-electron chi connectivity index (χ2n) is 18.0. The van der Waals surface area contributed by atoms with Gasteiger partial charge in [0.25, 0.3) is 0 Å². The Morgan fingerprint density at radius 3 is 0.983 bits per heavy atom. The van der Waals surface area contributed by atoms with E-state index in [1.165, 1.54) is 199 Å². The van der Waals surface area contributed by atoms with Gasteiger partial charge in [0, 0.05) is 23.2 Å². The Kier molecular flexibility index (Phi) is 22.8. The zero-order valence-corrected chi connectivity index (χ0v) is 37.8. The van der Waals surface area contributed by atoms with E-state index in [-0.39, 0.29) is 0 Å². The first-order valence-electron chi connectivity index (χ1n) is 24.3. The molecule has 2 heteroatoms. The molecule has 2 atom stereocenters. The Labute approximate surface area is 357 Å². The predicted octanol–water partition coefficient (Wildman–Crippen LogP) is 16.9. The number of nitrogen functional groups attached to an aromatic ring is 2. The number of unbranched alkanes of at least 4 members (excludes halogenated alkanes) is 19. The van der Waals surface area contributed by atoms with Crippen molar-refractivity contribution in [2.75, 3.05) is 11.5 Å². The lowest BCUT2D eigenvalue weighted by Gasteiger charge is -2.21. The molecule has 0 fully saturated rings. The van der Waals surface area contributed by atoms with E-state index in [4.69, 9.17) is 11.5 Å². The third-order valence-corrected chi connectivity index (χ3v) is 13.0. The highest BCUT2D eigenvalue weighted by atomic mass is 14.5. The van der Waals surface area contributed by atoms with Gasteiger partial charge in [-0.2, -0.15) is 0 Å². The van der Waals surface area contributed by atoms with Crippen LogP contribution in [-0.2, 0) is 12.8 Å². The van der Waals surface area contributed by atoms with E-state index < -0.39 is 0 Å². The molecule has 0 bridgehead atoms. The lowest BCUT2D eigenvalue weighted by molar-refractivity contribution is 0.540. The number of hydrogen-bond donors (Lipinski definition) is 2. The van der Waals surface area contributed by atoms with Gasteiger partial charge in [0.2, 0.25) is 0 Å². The summed E-state index contributed by atoms with van der Waals surface area (Å²) in [4.78, 5) is 0. The monoisotopic (exact) mass is 785 g/mol. The van der Waals surface area contributed by atoms with Crippen LogP contribution in [0, 0.1) is 13.8 Å². The van der Waals surface area contributed by atoms with Crippen LogP contribution >= 0.6 is 0 Å². The molecule has 58 heavy (non-hydrogen) atoms. The molecule has 0 saturated heterocycles. The lowest BCUT2D eigenvalue weighted by Crippen LogP contribution is -2.05. The minimum absolute atomic E-state index is 0.435. The lowest BCUT2D eigenvalue weighted by atomic mass is 9.83. The van der Waals surface area contributed by atoms with E-state index in [2.05, 4.69) is 113 Å². The third kappa shape index (κ3) is 17.4. The first-order chi connectivity index (χ1) is 28.4. The smallest absolute Gasteiger partial charge is 0.0316 e. The zero-order chi connectivity index (χ0) is 41.2. The van der Waals surface area contributed by atoms with Gasteiger partial charge in [-0.3, -0.25) is 0 Å². The normalized spacial score (nSPS) is 12.6. The van der Waals surface area contributed by atoms with Gasteiger partial charge < -0.3 is 11.5 Å². The van der Waals surface area contributed by atoms with E-state index in [0.29, 0.717) is 11.8 Å². The van der Waals surface area contributed by atoms with Gasteiger partial charge in [-0.1, -0.05) is 203 Å². The summed E-state index contributed by atoms with van der Waals surface area (Å²) in [5.41, 5.74) is 25.4. The number of rotatable bonds is 31. The molecule has 0 radical (unpaired) electrons. The van der Waals surface area contributed by atoms with Crippen LogP contribution in [0.1, 0.15) is 224 Å². The van der Waals surface area contributed by atoms with Crippen LogP contribution in [0.25, 0.3) is 0 Å². The summed E-state index contributed by atoms with van der Waals surface area (Å²) in [5, 5.41) is 0. The maximum Gasteiger partial charge on any atom is 0.0316 e. The first-order valence-corrected chi connectivity index (χ1v) is 24.3. The number of benzene rings is 4. The average Bonchev–Trinajstić information content (AvgIpc) is 3.22. The Morgan fingerprint density at radius 1 is 0.362 bits per heavy atom. The number of aryl methyl sites for hydroxylation is 4. The molecule has 0 aliphatic heterocycles. The third-order valence-electron chi connectivity index (χ3n) is 13.0. The van der Waals surface area contributed by atoms with Crippen molar-refractivity contribution in [3.63, 3.8) is 0 Å².